The Morgan fingerprint density at radius 1 is 1.35 bits per heavy atom. The molecular formula is C13H22ClN5S. The summed E-state index contributed by atoms with van der Waals surface area (Å²) in [5, 5.41) is 9.17. The van der Waals surface area contributed by atoms with Crippen molar-refractivity contribution in [2.24, 2.45) is 0 Å². The first kappa shape index (κ1) is 15.7. The second-order valence-electron chi connectivity index (χ2n) is 5.55. The van der Waals surface area contributed by atoms with Gasteiger partial charge in [-0.25, -0.2) is 9.50 Å². The zero-order valence-electron chi connectivity index (χ0n) is 12.4. The van der Waals surface area contributed by atoms with Gasteiger partial charge in [-0.15, -0.1) is 12.4 Å². The Hall–Kier alpha value is -0.690. The van der Waals surface area contributed by atoms with Crippen LogP contribution in [0.2, 0.25) is 0 Å². The predicted molar refractivity (Wildman–Crippen MR) is 84.9 cm³/mol. The lowest BCUT2D eigenvalue weighted by atomic mass is 10.1. The number of piperazine rings is 1. The third-order valence-corrected chi connectivity index (χ3v) is 4.67. The minimum Gasteiger partial charge on any atom is -0.311 e. The lowest BCUT2D eigenvalue weighted by Gasteiger charge is -2.37. The molecule has 0 saturated carbocycles. The summed E-state index contributed by atoms with van der Waals surface area (Å²) in [4.78, 5) is 8.15. The molecule has 7 heteroatoms. The van der Waals surface area contributed by atoms with E-state index in [1.54, 1.807) is 11.3 Å². The Bertz CT molecular complexity index is 593. The number of rotatable bonds is 2. The SMILES string of the molecule is Cc1nn2c(CN3CC(C)NCC3C)c(C)nc2s1.Cl. The normalized spacial score (nSPS) is 24.0. The fraction of sp³-hybridized carbons (Fsp3) is 0.692. The number of halogens is 1. The first-order valence-electron chi connectivity index (χ1n) is 6.83. The van der Waals surface area contributed by atoms with E-state index in [0.717, 1.165) is 35.3 Å². The summed E-state index contributed by atoms with van der Waals surface area (Å²) < 4.78 is 2.02. The Balaban J connectivity index is 0.00000147. The number of hydrogen-bond acceptors (Lipinski definition) is 5. The van der Waals surface area contributed by atoms with Crippen molar-refractivity contribution in [2.75, 3.05) is 13.1 Å². The van der Waals surface area contributed by atoms with Gasteiger partial charge in [0.25, 0.3) is 0 Å². The maximum Gasteiger partial charge on any atom is 0.212 e. The van der Waals surface area contributed by atoms with Crippen molar-refractivity contribution in [3.05, 3.63) is 16.4 Å². The summed E-state index contributed by atoms with van der Waals surface area (Å²) in [5.41, 5.74) is 2.34. The van der Waals surface area contributed by atoms with Gasteiger partial charge in [0.05, 0.1) is 11.4 Å². The molecule has 2 aromatic heterocycles. The second-order valence-corrected chi connectivity index (χ2v) is 6.71. The molecule has 1 N–H and O–H groups in total. The highest BCUT2D eigenvalue weighted by Gasteiger charge is 2.24. The molecule has 0 bridgehead atoms. The molecule has 1 aliphatic rings. The van der Waals surface area contributed by atoms with Gasteiger partial charge >= 0.3 is 0 Å². The summed E-state index contributed by atoms with van der Waals surface area (Å²) in [7, 11) is 0. The number of hydrogen-bond donors (Lipinski definition) is 1. The summed E-state index contributed by atoms with van der Waals surface area (Å²) in [6.45, 7) is 11.7. The average molecular weight is 316 g/mol. The predicted octanol–water partition coefficient (Wildman–Crippen LogP) is 2.01. The maximum absolute atomic E-state index is 4.62. The molecule has 0 aromatic carbocycles. The Kier molecular flexibility index (Phi) is 4.69. The van der Waals surface area contributed by atoms with E-state index in [2.05, 4.69) is 41.1 Å². The van der Waals surface area contributed by atoms with Crippen LogP contribution in [0.4, 0.5) is 0 Å². The van der Waals surface area contributed by atoms with Crippen molar-refractivity contribution in [3.8, 4) is 0 Å². The highest BCUT2D eigenvalue weighted by Crippen LogP contribution is 2.20. The molecule has 3 heterocycles. The van der Waals surface area contributed by atoms with Gasteiger partial charge in [-0.05, 0) is 27.7 Å². The molecule has 1 saturated heterocycles. The molecule has 2 aromatic rings. The second kappa shape index (κ2) is 5.97. The van der Waals surface area contributed by atoms with Crippen LogP contribution in [0.1, 0.15) is 30.2 Å². The van der Waals surface area contributed by atoms with Gasteiger partial charge in [-0.3, -0.25) is 4.90 Å². The van der Waals surface area contributed by atoms with Crippen molar-refractivity contribution < 1.29 is 0 Å². The van der Waals surface area contributed by atoms with Crippen LogP contribution in [-0.2, 0) is 6.54 Å². The number of fused-ring (bicyclic) bond motifs is 1. The van der Waals surface area contributed by atoms with Crippen LogP contribution in [0, 0.1) is 13.8 Å². The van der Waals surface area contributed by atoms with Gasteiger partial charge < -0.3 is 5.32 Å². The Morgan fingerprint density at radius 3 is 2.85 bits per heavy atom. The molecule has 1 aliphatic heterocycles. The van der Waals surface area contributed by atoms with Crippen LogP contribution in [0.15, 0.2) is 0 Å². The molecule has 2 unspecified atom stereocenters. The average Bonchev–Trinajstić information content (AvgIpc) is 2.82. The molecular weight excluding hydrogens is 294 g/mol. The standard InChI is InChI=1S/C13H21N5S.ClH/c1-8-6-17(9(2)5-14-8)7-12-10(3)15-13-18(12)16-11(4)19-13;/h8-9,14H,5-7H2,1-4H3;1H. The molecule has 112 valence electrons. The monoisotopic (exact) mass is 315 g/mol. The van der Waals surface area contributed by atoms with E-state index in [0.29, 0.717) is 12.1 Å². The minimum absolute atomic E-state index is 0. The summed E-state index contributed by atoms with van der Waals surface area (Å²) in [6.07, 6.45) is 0. The Morgan fingerprint density at radius 2 is 2.10 bits per heavy atom. The van der Waals surface area contributed by atoms with Crippen LogP contribution in [-0.4, -0.2) is 44.7 Å². The lowest BCUT2D eigenvalue weighted by Crippen LogP contribution is -2.53. The van der Waals surface area contributed by atoms with Crippen LogP contribution in [0.25, 0.3) is 4.96 Å². The van der Waals surface area contributed by atoms with Gasteiger partial charge in [0.2, 0.25) is 4.96 Å². The molecule has 3 rings (SSSR count). The lowest BCUT2D eigenvalue weighted by molar-refractivity contribution is 0.136. The highest BCUT2D eigenvalue weighted by molar-refractivity contribution is 7.16. The summed E-state index contributed by atoms with van der Waals surface area (Å²) >= 11 is 1.66. The smallest absolute Gasteiger partial charge is 0.212 e. The third kappa shape index (κ3) is 2.83. The maximum atomic E-state index is 4.62. The van der Waals surface area contributed by atoms with Crippen molar-refractivity contribution in [1.29, 1.82) is 0 Å². The van der Waals surface area contributed by atoms with Crippen LogP contribution < -0.4 is 5.32 Å². The van der Waals surface area contributed by atoms with E-state index in [1.807, 2.05) is 11.4 Å². The van der Waals surface area contributed by atoms with Crippen LogP contribution in [0.5, 0.6) is 0 Å². The van der Waals surface area contributed by atoms with Gasteiger partial charge in [-0.2, -0.15) is 5.10 Å². The first-order chi connectivity index (χ1) is 9.04. The fourth-order valence-electron chi connectivity index (χ4n) is 2.68. The van der Waals surface area contributed by atoms with Crippen molar-refractivity contribution in [3.63, 3.8) is 0 Å². The largest absolute Gasteiger partial charge is 0.311 e. The highest BCUT2D eigenvalue weighted by atomic mass is 35.5. The summed E-state index contributed by atoms with van der Waals surface area (Å²) in [6, 6.07) is 1.11. The van der Waals surface area contributed by atoms with Crippen molar-refractivity contribution in [1.82, 2.24) is 24.8 Å². The van der Waals surface area contributed by atoms with Crippen molar-refractivity contribution >= 4 is 28.7 Å². The number of nitrogens with one attached hydrogen (secondary N) is 1. The summed E-state index contributed by atoms with van der Waals surface area (Å²) in [5.74, 6) is 0. The van der Waals surface area contributed by atoms with E-state index in [-0.39, 0.29) is 12.4 Å². The molecule has 0 radical (unpaired) electrons. The fourth-order valence-corrected chi connectivity index (χ4v) is 3.48. The molecule has 20 heavy (non-hydrogen) atoms. The molecule has 5 nitrogen and oxygen atoms in total. The van der Waals surface area contributed by atoms with Gasteiger partial charge in [0.1, 0.15) is 5.01 Å². The van der Waals surface area contributed by atoms with E-state index >= 15 is 0 Å². The topological polar surface area (TPSA) is 45.5 Å². The molecule has 2 atom stereocenters. The Labute approximate surface area is 129 Å². The van der Waals surface area contributed by atoms with Crippen LogP contribution in [0.3, 0.4) is 0 Å². The molecule has 0 aliphatic carbocycles. The van der Waals surface area contributed by atoms with Gasteiger partial charge in [0.15, 0.2) is 0 Å². The zero-order chi connectivity index (χ0) is 13.6. The molecule has 1 fully saturated rings. The quantitative estimate of drug-likeness (QED) is 0.921. The van der Waals surface area contributed by atoms with Gasteiger partial charge in [-0.1, -0.05) is 11.3 Å². The molecule has 0 amide bonds. The minimum atomic E-state index is 0. The number of aromatic nitrogens is 3. The van der Waals surface area contributed by atoms with E-state index < -0.39 is 0 Å². The van der Waals surface area contributed by atoms with Crippen LogP contribution >= 0.6 is 23.7 Å². The third-order valence-electron chi connectivity index (χ3n) is 3.84. The zero-order valence-corrected chi connectivity index (χ0v) is 14.0. The van der Waals surface area contributed by atoms with E-state index in [9.17, 15) is 0 Å². The van der Waals surface area contributed by atoms with Crippen molar-refractivity contribution in [2.45, 2.75) is 46.3 Å². The van der Waals surface area contributed by atoms with E-state index in [4.69, 9.17) is 0 Å². The number of aryl methyl sites for hydroxylation is 2. The van der Waals surface area contributed by atoms with Gasteiger partial charge in [0, 0.05) is 31.7 Å². The number of nitrogens with zero attached hydrogens (tertiary/aromatic N) is 4. The van der Waals surface area contributed by atoms with E-state index in [1.165, 1.54) is 5.69 Å². The molecule has 0 spiro atoms. The number of imidazole rings is 1. The first-order valence-corrected chi connectivity index (χ1v) is 7.65.